The predicted molar refractivity (Wildman–Crippen MR) is 50.0 cm³/mol. The number of aliphatic hydroxyl groups excluding tert-OH is 3. The SMILES string of the molecule is N#Cc1cn(C2O[C@H](CO)[C@@H](O)[C@H]2O)cn1. The maximum atomic E-state index is 9.68. The van der Waals surface area contributed by atoms with E-state index >= 15 is 0 Å². The molecule has 1 aromatic rings. The Morgan fingerprint density at radius 2 is 2.25 bits per heavy atom. The molecule has 1 aliphatic heterocycles. The predicted octanol–water partition coefficient (Wildman–Crippen LogP) is -1.63. The fourth-order valence-electron chi connectivity index (χ4n) is 1.66. The van der Waals surface area contributed by atoms with E-state index in [-0.39, 0.29) is 12.3 Å². The molecular weight excluding hydrogens is 214 g/mol. The second-order valence-electron chi connectivity index (χ2n) is 3.55. The van der Waals surface area contributed by atoms with Crippen LogP contribution in [0.4, 0.5) is 0 Å². The highest BCUT2D eigenvalue weighted by Gasteiger charge is 2.43. The zero-order chi connectivity index (χ0) is 11.7. The van der Waals surface area contributed by atoms with Crippen LogP contribution in [0.5, 0.6) is 0 Å². The van der Waals surface area contributed by atoms with Crippen LogP contribution in [0.15, 0.2) is 12.5 Å². The first-order valence-corrected chi connectivity index (χ1v) is 4.73. The fourth-order valence-corrected chi connectivity index (χ4v) is 1.66. The molecule has 1 aromatic heterocycles. The lowest BCUT2D eigenvalue weighted by Crippen LogP contribution is -2.33. The first-order chi connectivity index (χ1) is 7.67. The van der Waals surface area contributed by atoms with E-state index < -0.39 is 24.5 Å². The minimum Gasteiger partial charge on any atom is -0.394 e. The van der Waals surface area contributed by atoms with E-state index in [1.165, 1.54) is 17.1 Å². The molecule has 3 N–H and O–H groups in total. The Morgan fingerprint density at radius 3 is 2.75 bits per heavy atom. The normalized spacial score (nSPS) is 33.9. The average Bonchev–Trinajstić information content (AvgIpc) is 2.86. The van der Waals surface area contributed by atoms with E-state index in [4.69, 9.17) is 15.1 Å². The van der Waals surface area contributed by atoms with Crippen molar-refractivity contribution in [3.05, 3.63) is 18.2 Å². The van der Waals surface area contributed by atoms with Crippen molar-refractivity contribution in [3.8, 4) is 6.07 Å². The Morgan fingerprint density at radius 1 is 1.50 bits per heavy atom. The molecule has 0 aromatic carbocycles. The van der Waals surface area contributed by atoms with Gasteiger partial charge in [-0.25, -0.2) is 4.98 Å². The lowest BCUT2D eigenvalue weighted by atomic mass is 10.1. The summed E-state index contributed by atoms with van der Waals surface area (Å²) in [4.78, 5) is 3.76. The van der Waals surface area contributed by atoms with Gasteiger partial charge in [-0.1, -0.05) is 0 Å². The molecule has 4 atom stereocenters. The molecule has 7 heteroatoms. The molecule has 0 radical (unpaired) electrons. The van der Waals surface area contributed by atoms with Crippen LogP contribution >= 0.6 is 0 Å². The maximum Gasteiger partial charge on any atom is 0.164 e. The molecule has 1 aliphatic rings. The van der Waals surface area contributed by atoms with Gasteiger partial charge in [0.25, 0.3) is 0 Å². The van der Waals surface area contributed by atoms with Gasteiger partial charge in [-0.15, -0.1) is 0 Å². The summed E-state index contributed by atoms with van der Waals surface area (Å²) in [7, 11) is 0. The highest BCUT2D eigenvalue weighted by atomic mass is 16.6. The third-order valence-electron chi connectivity index (χ3n) is 2.53. The van der Waals surface area contributed by atoms with Crippen molar-refractivity contribution in [1.82, 2.24) is 9.55 Å². The average molecular weight is 225 g/mol. The van der Waals surface area contributed by atoms with Gasteiger partial charge in [0, 0.05) is 6.20 Å². The summed E-state index contributed by atoms with van der Waals surface area (Å²) in [6.07, 6.45) is -1.23. The van der Waals surface area contributed by atoms with Crippen LogP contribution in [0, 0.1) is 11.3 Å². The molecule has 1 fully saturated rings. The monoisotopic (exact) mass is 225 g/mol. The third kappa shape index (κ3) is 1.68. The molecule has 0 saturated carbocycles. The second kappa shape index (κ2) is 4.19. The van der Waals surface area contributed by atoms with Gasteiger partial charge in [0.2, 0.25) is 0 Å². The highest BCUT2D eigenvalue weighted by molar-refractivity contribution is 5.16. The van der Waals surface area contributed by atoms with Gasteiger partial charge in [-0.05, 0) is 0 Å². The van der Waals surface area contributed by atoms with Gasteiger partial charge >= 0.3 is 0 Å². The molecule has 1 unspecified atom stereocenters. The molecular formula is C9H11N3O4. The van der Waals surface area contributed by atoms with E-state index in [2.05, 4.69) is 4.98 Å². The molecule has 86 valence electrons. The van der Waals surface area contributed by atoms with Crippen molar-refractivity contribution in [2.24, 2.45) is 0 Å². The Kier molecular flexibility index (Phi) is 2.89. The number of nitrogens with zero attached hydrogens (tertiary/aromatic N) is 3. The molecule has 0 spiro atoms. The third-order valence-corrected chi connectivity index (χ3v) is 2.53. The van der Waals surface area contributed by atoms with Gasteiger partial charge < -0.3 is 24.6 Å². The van der Waals surface area contributed by atoms with Crippen LogP contribution in [-0.4, -0.2) is 49.8 Å². The maximum absolute atomic E-state index is 9.68. The number of ether oxygens (including phenoxy) is 1. The van der Waals surface area contributed by atoms with Crippen molar-refractivity contribution >= 4 is 0 Å². The van der Waals surface area contributed by atoms with E-state index in [1.807, 2.05) is 6.07 Å². The quantitative estimate of drug-likeness (QED) is 0.557. The van der Waals surface area contributed by atoms with Crippen LogP contribution in [0.3, 0.4) is 0 Å². The minimum absolute atomic E-state index is 0.192. The highest BCUT2D eigenvalue weighted by Crippen LogP contribution is 2.29. The van der Waals surface area contributed by atoms with Gasteiger partial charge in [0.05, 0.1) is 12.9 Å². The van der Waals surface area contributed by atoms with Crippen molar-refractivity contribution in [3.63, 3.8) is 0 Å². The van der Waals surface area contributed by atoms with Crippen LogP contribution < -0.4 is 0 Å². The Balaban J connectivity index is 2.20. The van der Waals surface area contributed by atoms with Crippen LogP contribution in [0.1, 0.15) is 11.9 Å². The molecule has 7 nitrogen and oxygen atoms in total. The topological polar surface area (TPSA) is 112 Å². The van der Waals surface area contributed by atoms with E-state index in [0.29, 0.717) is 0 Å². The summed E-state index contributed by atoms with van der Waals surface area (Å²) >= 11 is 0. The Bertz CT molecular complexity index is 413. The molecule has 1 saturated heterocycles. The summed E-state index contributed by atoms with van der Waals surface area (Å²) in [5.41, 5.74) is 0.192. The first kappa shape index (κ1) is 11.0. The molecule has 0 bridgehead atoms. The van der Waals surface area contributed by atoms with Crippen LogP contribution in [-0.2, 0) is 4.74 Å². The van der Waals surface area contributed by atoms with E-state index in [1.54, 1.807) is 0 Å². The lowest BCUT2D eigenvalue weighted by molar-refractivity contribution is -0.0528. The van der Waals surface area contributed by atoms with Crippen LogP contribution in [0.2, 0.25) is 0 Å². The van der Waals surface area contributed by atoms with E-state index in [0.717, 1.165) is 0 Å². The number of aliphatic hydroxyl groups is 3. The second-order valence-corrected chi connectivity index (χ2v) is 3.55. The number of nitriles is 1. The smallest absolute Gasteiger partial charge is 0.164 e. The molecule has 16 heavy (non-hydrogen) atoms. The number of rotatable bonds is 2. The molecule has 2 heterocycles. The van der Waals surface area contributed by atoms with E-state index in [9.17, 15) is 10.2 Å². The van der Waals surface area contributed by atoms with Crippen molar-refractivity contribution in [2.75, 3.05) is 6.61 Å². The van der Waals surface area contributed by atoms with Crippen LogP contribution in [0.25, 0.3) is 0 Å². The summed E-state index contributed by atoms with van der Waals surface area (Å²) in [6.45, 7) is -0.380. The first-order valence-electron chi connectivity index (χ1n) is 4.73. The number of imidazole rings is 1. The number of hydrogen-bond acceptors (Lipinski definition) is 6. The zero-order valence-corrected chi connectivity index (χ0v) is 8.26. The van der Waals surface area contributed by atoms with Crippen molar-refractivity contribution in [1.29, 1.82) is 5.26 Å². The fraction of sp³-hybridized carbons (Fsp3) is 0.556. The largest absolute Gasteiger partial charge is 0.394 e. The zero-order valence-electron chi connectivity index (χ0n) is 8.26. The van der Waals surface area contributed by atoms with Gasteiger partial charge in [-0.2, -0.15) is 5.26 Å². The molecule has 2 rings (SSSR count). The number of hydrogen-bond donors (Lipinski definition) is 3. The van der Waals surface area contributed by atoms with Crippen molar-refractivity contribution in [2.45, 2.75) is 24.5 Å². The number of aromatic nitrogens is 2. The van der Waals surface area contributed by atoms with Gasteiger partial charge in [0.1, 0.15) is 24.4 Å². The summed E-state index contributed by atoms with van der Waals surface area (Å²) < 4.78 is 6.63. The molecule has 0 aliphatic carbocycles. The Hall–Kier alpha value is -1.46. The van der Waals surface area contributed by atoms with Gasteiger partial charge in [-0.3, -0.25) is 0 Å². The Labute approximate surface area is 91.1 Å². The minimum atomic E-state index is -1.15. The summed E-state index contributed by atoms with van der Waals surface area (Å²) in [5, 5.41) is 36.7. The summed E-state index contributed by atoms with van der Waals surface area (Å²) in [5.74, 6) is 0. The van der Waals surface area contributed by atoms with Gasteiger partial charge in [0.15, 0.2) is 11.9 Å². The van der Waals surface area contributed by atoms with Crippen molar-refractivity contribution < 1.29 is 20.1 Å². The summed E-state index contributed by atoms with van der Waals surface area (Å²) in [6, 6.07) is 1.84. The molecule has 0 amide bonds. The lowest BCUT2D eigenvalue weighted by Gasteiger charge is -2.15. The standard InChI is InChI=1S/C9H11N3O4/c10-1-5-2-12(4-11-5)9-8(15)7(14)6(3-13)16-9/h2,4,6-9,13-15H,3H2/t6-,7-,8-,9?/m1/s1.